The summed E-state index contributed by atoms with van der Waals surface area (Å²) in [5, 5.41) is 0. The first kappa shape index (κ1) is 20.0. The van der Waals surface area contributed by atoms with Gasteiger partial charge in [0.2, 0.25) is 0 Å². The van der Waals surface area contributed by atoms with Crippen LogP contribution in [0.25, 0.3) is 0 Å². The standard InChI is InChI=1S/C21H26N2O2S/c1-6-23(4)14-22-20-11-15(2)19(10-16(20)3)21(24)13-26-18-9-7-8-17(12-18)25-5/h7-12,14H,6,13H2,1-5H3/b22-14+. The van der Waals surface area contributed by atoms with E-state index in [9.17, 15) is 4.79 Å². The van der Waals surface area contributed by atoms with Crippen LogP contribution in [0.1, 0.15) is 28.4 Å². The topological polar surface area (TPSA) is 41.9 Å². The lowest BCUT2D eigenvalue weighted by atomic mass is 10.0. The molecule has 0 radical (unpaired) electrons. The van der Waals surface area contributed by atoms with Crippen molar-refractivity contribution in [3.05, 3.63) is 53.1 Å². The second kappa shape index (κ2) is 9.43. The highest BCUT2D eigenvalue weighted by molar-refractivity contribution is 8.00. The largest absolute Gasteiger partial charge is 0.497 e. The number of carbonyl (C=O) groups is 1. The summed E-state index contributed by atoms with van der Waals surface area (Å²) in [5.41, 5.74) is 3.63. The molecule has 138 valence electrons. The van der Waals surface area contributed by atoms with Gasteiger partial charge in [-0.15, -0.1) is 11.8 Å². The average molecular weight is 371 g/mol. The van der Waals surface area contributed by atoms with Gasteiger partial charge in [0, 0.05) is 24.1 Å². The number of ketones is 1. The first-order valence-corrected chi connectivity index (χ1v) is 9.59. The molecule has 0 aliphatic heterocycles. The van der Waals surface area contributed by atoms with Gasteiger partial charge >= 0.3 is 0 Å². The molecule has 5 heteroatoms. The van der Waals surface area contributed by atoms with Crippen LogP contribution in [-0.4, -0.2) is 43.5 Å². The quantitative estimate of drug-likeness (QED) is 0.287. The van der Waals surface area contributed by atoms with Gasteiger partial charge in [0.1, 0.15) is 5.75 Å². The molecule has 4 nitrogen and oxygen atoms in total. The van der Waals surface area contributed by atoms with E-state index in [4.69, 9.17) is 4.74 Å². The normalized spacial score (nSPS) is 11.0. The maximum atomic E-state index is 12.7. The molecular formula is C21H26N2O2S. The van der Waals surface area contributed by atoms with Gasteiger partial charge in [0.25, 0.3) is 0 Å². The Labute approximate surface area is 160 Å². The lowest BCUT2D eigenvalue weighted by Gasteiger charge is -2.11. The zero-order chi connectivity index (χ0) is 19.1. The number of thioether (sulfide) groups is 1. The fraction of sp³-hybridized carbons (Fsp3) is 0.333. The summed E-state index contributed by atoms with van der Waals surface area (Å²) >= 11 is 1.52. The van der Waals surface area contributed by atoms with Crippen molar-refractivity contribution in [2.24, 2.45) is 4.99 Å². The maximum Gasteiger partial charge on any atom is 0.173 e. The molecule has 0 saturated heterocycles. The number of methoxy groups -OCH3 is 1. The van der Waals surface area contributed by atoms with Crippen molar-refractivity contribution in [3.8, 4) is 5.75 Å². The summed E-state index contributed by atoms with van der Waals surface area (Å²) in [4.78, 5) is 20.2. The molecule has 0 atom stereocenters. The number of aryl methyl sites for hydroxylation is 2. The Hall–Kier alpha value is -2.27. The van der Waals surface area contributed by atoms with Gasteiger partial charge in [-0.25, -0.2) is 4.99 Å². The molecule has 0 saturated carbocycles. The number of hydrogen-bond donors (Lipinski definition) is 0. The highest BCUT2D eigenvalue weighted by atomic mass is 32.2. The van der Waals surface area contributed by atoms with Crippen molar-refractivity contribution >= 4 is 29.6 Å². The zero-order valence-corrected chi connectivity index (χ0v) is 16.9. The van der Waals surface area contributed by atoms with Crippen molar-refractivity contribution < 1.29 is 9.53 Å². The van der Waals surface area contributed by atoms with Crippen LogP contribution >= 0.6 is 11.8 Å². The van der Waals surface area contributed by atoms with Crippen molar-refractivity contribution in [1.29, 1.82) is 0 Å². The van der Waals surface area contributed by atoms with Crippen LogP contribution in [0.5, 0.6) is 5.75 Å². The van der Waals surface area contributed by atoms with Gasteiger partial charge in [-0.05, 0) is 62.2 Å². The SMILES string of the molecule is CCN(C)/C=N/c1cc(C)c(C(=O)CSc2cccc(OC)c2)cc1C. The summed E-state index contributed by atoms with van der Waals surface area (Å²) in [6.07, 6.45) is 1.82. The number of rotatable bonds is 8. The Kier molecular flexibility index (Phi) is 7.27. The summed E-state index contributed by atoms with van der Waals surface area (Å²) < 4.78 is 5.23. The summed E-state index contributed by atoms with van der Waals surface area (Å²) in [6, 6.07) is 11.7. The molecule has 0 spiro atoms. The average Bonchev–Trinajstić information content (AvgIpc) is 2.66. The lowest BCUT2D eigenvalue weighted by Crippen LogP contribution is -2.14. The van der Waals surface area contributed by atoms with Gasteiger partial charge < -0.3 is 9.64 Å². The van der Waals surface area contributed by atoms with E-state index in [2.05, 4.69) is 11.9 Å². The van der Waals surface area contributed by atoms with Gasteiger partial charge in [-0.2, -0.15) is 0 Å². The minimum Gasteiger partial charge on any atom is -0.497 e. The fourth-order valence-electron chi connectivity index (χ4n) is 2.40. The Bertz CT molecular complexity index is 803. The summed E-state index contributed by atoms with van der Waals surface area (Å²) in [7, 11) is 3.63. The van der Waals surface area contributed by atoms with E-state index in [1.807, 2.05) is 68.5 Å². The molecule has 2 rings (SSSR count). The van der Waals surface area contributed by atoms with E-state index >= 15 is 0 Å². The minimum absolute atomic E-state index is 0.125. The molecule has 2 aromatic carbocycles. The van der Waals surface area contributed by atoms with Crippen LogP contribution in [0, 0.1) is 13.8 Å². The number of hydrogen-bond acceptors (Lipinski definition) is 4. The highest BCUT2D eigenvalue weighted by Crippen LogP contribution is 2.27. The van der Waals surface area contributed by atoms with E-state index in [1.165, 1.54) is 11.8 Å². The molecule has 0 aliphatic carbocycles. The highest BCUT2D eigenvalue weighted by Gasteiger charge is 2.12. The van der Waals surface area contributed by atoms with Gasteiger partial charge in [0.05, 0.1) is 24.9 Å². The number of Topliss-reactive ketones (excluding diaryl/α,β-unsaturated/α-hetero) is 1. The Morgan fingerprint density at radius 2 is 2.00 bits per heavy atom. The van der Waals surface area contributed by atoms with Crippen LogP contribution in [0.15, 0.2) is 46.3 Å². The number of benzene rings is 2. The lowest BCUT2D eigenvalue weighted by molar-refractivity contribution is 0.102. The smallest absolute Gasteiger partial charge is 0.173 e. The van der Waals surface area contributed by atoms with E-state index in [0.29, 0.717) is 5.75 Å². The zero-order valence-electron chi connectivity index (χ0n) is 16.1. The number of carbonyl (C=O) groups excluding carboxylic acids is 1. The van der Waals surface area contributed by atoms with Crippen LogP contribution < -0.4 is 4.74 Å². The molecule has 0 aliphatic rings. The predicted octanol–water partition coefficient (Wildman–Crippen LogP) is 4.90. The monoisotopic (exact) mass is 370 g/mol. The van der Waals surface area contributed by atoms with Crippen LogP contribution in [0.2, 0.25) is 0 Å². The van der Waals surface area contributed by atoms with E-state index in [0.717, 1.165) is 39.6 Å². The van der Waals surface area contributed by atoms with Gasteiger partial charge in [-0.3, -0.25) is 4.79 Å². The molecule has 0 aromatic heterocycles. The third kappa shape index (κ3) is 5.36. The number of aliphatic imine (C=N–C) groups is 1. The van der Waals surface area contributed by atoms with Gasteiger partial charge in [0.15, 0.2) is 5.78 Å². The molecule has 26 heavy (non-hydrogen) atoms. The van der Waals surface area contributed by atoms with Crippen molar-refractivity contribution in [1.82, 2.24) is 4.90 Å². The van der Waals surface area contributed by atoms with Crippen LogP contribution in [0.3, 0.4) is 0 Å². The van der Waals surface area contributed by atoms with Crippen molar-refractivity contribution in [2.75, 3.05) is 26.5 Å². The van der Waals surface area contributed by atoms with Gasteiger partial charge in [-0.1, -0.05) is 6.07 Å². The molecule has 2 aromatic rings. The summed E-state index contributed by atoms with van der Waals surface area (Å²) in [6.45, 7) is 6.93. The van der Waals surface area contributed by atoms with E-state index < -0.39 is 0 Å². The molecule has 0 heterocycles. The fourth-order valence-corrected chi connectivity index (χ4v) is 3.23. The number of ether oxygens (including phenoxy) is 1. The molecular weight excluding hydrogens is 344 g/mol. The molecule has 0 unspecified atom stereocenters. The minimum atomic E-state index is 0.125. The summed E-state index contributed by atoms with van der Waals surface area (Å²) in [5.74, 6) is 1.32. The molecule has 0 amide bonds. The Balaban J connectivity index is 2.11. The number of nitrogens with zero attached hydrogens (tertiary/aromatic N) is 2. The molecule has 0 bridgehead atoms. The molecule has 0 fully saturated rings. The van der Waals surface area contributed by atoms with Crippen LogP contribution in [0.4, 0.5) is 5.69 Å². The first-order chi connectivity index (χ1) is 12.4. The van der Waals surface area contributed by atoms with E-state index in [-0.39, 0.29) is 5.78 Å². The third-order valence-corrected chi connectivity index (χ3v) is 5.14. The molecule has 0 N–H and O–H groups in total. The second-order valence-electron chi connectivity index (χ2n) is 6.16. The van der Waals surface area contributed by atoms with Crippen molar-refractivity contribution in [3.63, 3.8) is 0 Å². The Morgan fingerprint density at radius 3 is 2.69 bits per heavy atom. The second-order valence-corrected chi connectivity index (χ2v) is 7.21. The first-order valence-electron chi connectivity index (χ1n) is 8.60. The van der Waals surface area contributed by atoms with Crippen LogP contribution in [-0.2, 0) is 0 Å². The Morgan fingerprint density at radius 1 is 1.23 bits per heavy atom. The maximum absolute atomic E-state index is 12.7. The van der Waals surface area contributed by atoms with Crippen molar-refractivity contribution in [2.45, 2.75) is 25.7 Å². The predicted molar refractivity (Wildman–Crippen MR) is 110 cm³/mol. The third-order valence-electron chi connectivity index (χ3n) is 4.15. The van der Waals surface area contributed by atoms with E-state index in [1.54, 1.807) is 7.11 Å².